The maximum absolute atomic E-state index is 12.1. The van der Waals surface area contributed by atoms with Gasteiger partial charge >= 0.3 is 5.97 Å². The number of sulfonamides is 1. The van der Waals surface area contributed by atoms with Crippen molar-refractivity contribution in [1.82, 2.24) is 9.62 Å². The summed E-state index contributed by atoms with van der Waals surface area (Å²) in [5.41, 5.74) is 0. The van der Waals surface area contributed by atoms with Gasteiger partial charge in [-0.2, -0.15) is 0 Å². The minimum atomic E-state index is -3.22. The minimum Gasteiger partial charge on any atom is -0.481 e. The Morgan fingerprint density at radius 2 is 2.05 bits per heavy atom. The quantitative estimate of drug-likeness (QED) is 0.712. The van der Waals surface area contributed by atoms with E-state index < -0.39 is 21.9 Å². The lowest BCUT2D eigenvalue weighted by Gasteiger charge is -2.33. The molecule has 1 heterocycles. The molecule has 1 saturated carbocycles. The van der Waals surface area contributed by atoms with E-state index in [1.807, 2.05) is 0 Å². The van der Waals surface area contributed by atoms with Crippen molar-refractivity contribution in [2.45, 2.75) is 19.3 Å². The number of nitrogens with one attached hydrogen (secondary N) is 1. The number of hydrogen-bond donors (Lipinski definition) is 2. The smallest absolute Gasteiger partial charge is 0.307 e. The maximum Gasteiger partial charge on any atom is 0.307 e. The Labute approximate surface area is 118 Å². The first kappa shape index (κ1) is 15.2. The summed E-state index contributed by atoms with van der Waals surface area (Å²) in [5, 5.41) is 8.85. The number of likely N-dealkylation sites (tertiary alicyclic amines) is 1. The van der Waals surface area contributed by atoms with Crippen molar-refractivity contribution in [3.8, 4) is 0 Å². The van der Waals surface area contributed by atoms with Crippen LogP contribution in [0.5, 0.6) is 0 Å². The molecular weight excluding hydrogens is 284 g/mol. The topological polar surface area (TPSA) is 104 Å². The highest BCUT2D eigenvalue weighted by Gasteiger charge is 2.50. The van der Waals surface area contributed by atoms with Gasteiger partial charge in [-0.1, -0.05) is 0 Å². The molecule has 8 heteroatoms. The Hall–Kier alpha value is -1.15. The molecule has 2 fully saturated rings. The summed E-state index contributed by atoms with van der Waals surface area (Å²) in [6, 6.07) is 0. The monoisotopic (exact) mass is 304 g/mol. The van der Waals surface area contributed by atoms with Crippen molar-refractivity contribution in [2.75, 3.05) is 25.9 Å². The van der Waals surface area contributed by atoms with Crippen molar-refractivity contribution in [3.63, 3.8) is 0 Å². The first-order chi connectivity index (χ1) is 9.28. The molecular formula is C12H20N2O5S. The zero-order valence-electron chi connectivity index (χ0n) is 11.4. The predicted molar refractivity (Wildman–Crippen MR) is 71.4 cm³/mol. The molecule has 1 aliphatic heterocycles. The zero-order chi connectivity index (χ0) is 14.9. The van der Waals surface area contributed by atoms with Crippen LogP contribution < -0.4 is 4.72 Å². The summed E-state index contributed by atoms with van der Waals surface area (Å²) < 4.78 is 24.6. The fraction of sp³-hybridized carbons (Fsp3) is 0.833. The maximum atomic E-state index is 12.1. The van der Waals surface area contributed by atoms with Gasteiger partial charge in [0, 0.05) is 19.6 Å². The van der Waals surface area contributed by atoms with Gasteiger partial charge in [0.05, 0.1) is 18.1 Å². The van der Waals surface area contributed by atoms with Crippen LogP contribution in [0.3, 0.4) is 0 Å². The van der Waals surface area contributed by atoms with E-state index in [0.717, 1.165) is 19.1 Å². The number of carboxylic acids is 1. The number of carbonyl (C=O) groups excluding carboxylic acids is 1. The third-order valence-electron chi connectivity index (χ3n) is 3.89. The first-order valence-electron chi connectivity index (χ1n) is 6.74. The van der Waals surface area contributed by atoms with E-state index >= 15 is 0 Å². The van der Waals surface area contributed by atoms with Crippen molar-refractivity contribution in [3.05, 3.63) is 0 Å². The van der Waals surface area contributed by atoms with Crippen LogP contribution in [-0.2, 0) is 19.6 Å². The number of amides is 1. The van der Waals surface area contributed by atoms with E-state index in [9.17, 15) is 18.0 Å². The molecule has 114 valence electrons. The fourth-order valence-electron chi connectivity index (χ4n) is 2.68. The van der Waals surface area contributed by atoms with Gasteiger partial charge in [0.15, 0.2) is 0 Å². The number of carboxylic acid groups (broad SMARTS) is 1. The van der Waals surface area contributed by atoms with Crippen molar-refractivity contribution >= 4 is 21.9 Å². The predicted octanol–water partition coefficient (Wildman–Crippen LogP) is -0.505. The largest absolute Gasteiger partial charge is 0.481 e. The lowest BCUT2D eigenvalue weighted by molar-refractivity contribution is -0.142. The van der Waals surface area contributed by atoms with Gasteiger partial charge in [0.2, 0.25) is 15.9 Å². The highest BCUT2D eigenvalue weighted by molar-refractivity contribution is 7.88. The van der Waals surface area contributed by atoms with Gasteiger partial charge in [-0.25, -0.2) is 13.1 Å². The van der Waals surface area contributed by atoms with Crippen LogP contribution in [0.25, 0.3) is 0 Å². The third kappa shape index (κ3) is 3.92. The number of nitrogens with zero attached hydrogens (tertiary/aromatic N) is 1. The average Bonchev–Trinajstić information content (AvgIpc) is 3.15. The summed E-state index contributed by atoms with van der Waals surface area (Å²) in [7, 11) is -3.22. The summed E-state index contributed by atoms with van der Waals surface area (Å²) in [6.07, 6.45) is 3.24. The summed E-state index contributed by atoms with van der Waals surface area (Å²) in [4.78, 5) is 24.6. The molecule has 3 unspecified atom stereocenters. The lowest BCUT2D eigenvalue weighted by atomic mass is 9.98. The molecule has 1 aliphatic carbocycles. The number of piperidine rings is 1. The first-order valence-corrected chi connectivity index (χ1v) is 8.63. The Kier molecular flexibility index (Phi) is 4.33. The standard InChI is InChI=1S/C12H20N2O5S/c1-20(18,19)13-6-8-3-2-4-14(7-8)11(15)9-5-10(9)12(16)17/h8-10,13H,2-7H2,1H3,(H,16,17). The molecule has 20 heavy (non-hydrogen) atoms. The molecule has 1 saturated heterocycles. The van der Waals surface area contributed by atoms with Gasteiger partial charge in [-0.05, 0) is 25.2 Å². The van der Waals surface area contributed by atoms with Crippen molar-refractivity contribution in [2.24, 2.45) is 17.8 Å². The molecule has 0 aromatic heterocycles. The van der Waals surface area contributed by atoms with Gasteiger partial charge < -0.3 is 10.0 Å². The number of hydrogen-bond acceptors (Lipinski definition) is 4. The molecule has 2 rings (SSSR count). The molecule has 3 atom stereocenters. The van der Waals surface area contributed by atoms with Crippen LogP contribution in [0.4, 0.5) is 0 Å². The minimum absolute atomic E-state index is 0.0959. The van der Waals surface area contributed by atoms with Crippen molar-refractivity contribution in [1.29, 1.82) is 0 Å². The molecule has 0 aromatic carbocycles. The van der Waals surface area contributed by atoms with E-state index in [4.69, 9.17) is 5.11 Å². The molecule has 7 nitrogen and oxygen atoms in total. The second kappa shape index (κ2) is 5.69. The van der Waals surface area contributed by atoms with E-state index in [-0.39, 0.29) is 17.7 Å². The molecule has 2 aliphatic rings. The zero-order valence-corrected chi connectivity index (χ0v) is 12.2. The fourth-order valence-corrected chi connectivity index (χ4v) is 3.21. The molecule has 0 aromatic rings. The van der Waals surface area contributed by atoms with Crippen molar-refractivity contribution < 1.29 is 23.1 Å². The molecule has 0 spiro atoms. The van der Waals surface area contributed by atoms with Gasteiger partial charge in [0.1, 0.15) is 0 Å². The van der Waals surface area contributed by atoms with Crippen LogP contribution in [0.1, 0.15) is 19.3 Å². The van der Waals surface area contributed by atoms with E-state index in [2.05, 4.69) is 4.72 Å². The number of rotatable bonds is 5. The van der Waals surface area contributed by atoms with Crippen LogP contribution in [-0.4, -0.2) is 56.2 Å². The van der Waals surface area contributed by atoms with Gasteiger partial charge in [-0.3, -0.25) is 9.59 Å². The second-order valence-corrected chi connectivity index (χ2v) is 7.53. The van der Waals surface area contributed by atoms with Gasteiger partial charge in [-0.15, -0.1) is 0 Å². The van der Waals surface area contributed by atoms with E-state index in [1.165, 1.54) is 0 Å². The Morgan fingerprint density at radius 1 is 1.35 bits per heavy atom. The van der Waals surface area contributed by atoms with Crippen LogP contribution >= 0.6 is 0 Å². The van der Waals surface area contributed by atoms with Crippen LogP contribution in [0.15, 0.2) is 0 Å². The third-order valence-corrected chi connectivity index (χ3v) is 4.58. The summed E-state index contributed by atoms with van der Waals surface area (Å²) in [6.45, 7) is 1.47. The Morgan fingerprint density at radius 3 is 2.60 bits per heavy atom. The summed E-state index contributed by atoms with van der Waals surface area (Å²) in [5.74, 6) is -1.81. The molecule has 0 bridgehead atoms. The molecule has 2 N–H and O–H groups in total. The second-order valence-electron chi connectivity index (χ2n) is 5.70. The Balaban J connectivity index is 1.84. The Bertz CT molecular complexity index is 504. The SMILES string of the molecule is CS(=O)(=O)NCC1CCCN(C(=O)C2CC2C(=O)O)C1. The average molecular weight is 304 g/mol. The number of aliphatic carboxylic acids is 1. The van der Waals surface area contributed by atoms with Gasteiger partial charge in [0.25, 0.3) is 0 Å². The molecule has 1 amide bonds. The van der Waals surface area contributed by atoms with Crippen LogP contribution in [0, 0.1) is 17.8 Å². The lowest BCUT2D eigenvalue weighted by Crippen LogP contribution is -2.44. The normalized spacial score (nSPS) is 30.1. The summed E-state index contributed by atoms with van der Waals surface area (Å²) >= 11 is 0. The van der Waals surface area contributed by atoms with E-state index in [1.54, 1.807) is 4.90 Å². The van der Waals surface area contributed by atoms with Crippen LogP contribution in [0.2, 0.25) is 0 Å². The van der Waals surface area contributed by atoms with E-state index in [0.29, 0.717) is 26.1 Å². The highest BCUT2D eigenvalue weighted by Crippen LogP contribution is 2.40. The highest BCUT2D eigenvalue weighted by atomic mass is 32.2. The molecule has 0 radical (unpaired) electrons. The number of carbonyl (C=O) groups is 2.